The van der Waals surface area contributed by atoms with E-state index in [4.69, 9.17) is 11.6 Å². The zero-order valence-corrected chi connectivity index (χ0v) is 10.7. The Morgan fingerprint density at radius 2 is 1.94 bits per heavy atom. The molecule has 0 aromatic heterocycles. The van der Waals surface area contributed by atoms with Crippen LogP contribution in [0.3, 0.4) is 0 Å². The van der Waals surface area contributed by atoms with Gasteiger partial charge in [0.15, 0.2) is 0 Å². The van der Waals surface area contributed by atoms with Crippen LogP contribution in [0.1, 0.15) is 12.5 Å². The maximum Gasteiger partial charge on any atom is 0.420 e. The van der Waals surface area contributed by atoms with E-state index in [0.29, 0.717) is 10.6 Å². The summed E-state index contributed by atoms with van der Waals surface area (Å²) in [6.45, 7) is 1.70. The third-order valence-corrected chi connectivity index (χ3v) is 3.23. The van der Waals surface area contributed by atoms with Crippen LogP contribution < -0.4 is 4.72 Å². The van der Waals surface area contributed by atoms with Crippen LogP contribution >= 0.6 is 11.6 Å². The summed E-state index contributed by atoms with van der Waals surface area (Å²) in [5.41, 5.74) is 0.534. The Morgan fingerprint density at radius 1 is 1.35 bits per heavy atom. The SMILES string of the molecule is CCOC(=O)NS(=O)(=O)Cc1ccc(Cl)cc1. The van der Waals surface area contributed by atoms with Gasteiger partial charge >= 0.3 is 6.09 Å². The first-order valence-electron chi connectivity index (χ1n) is 4.84. The van der Waals surface area contributed by atoms with Crippen LogP contribution in [0.2, 0.25) is 5.02 Å². The average molecular weight is 278 g/mol. The number of carbonyl (C=O) groups excluding carboxylic acids is 1. The highest BCUT2D eigenvalue weighted by Crippen LogP contribution is 2.11. The molecular weight excluding hydrogens is 266 g/mol. The average Bonchev–Trinajstić information content (AvgIpc) is 2.20. The normalized spacial score (nSPS) is 10.9. The Morgan fingerprint density at radius 3 is 2.47 bits per heavy atom. The van der Waals surface area contributed by atoms with Gasteiger partial charge in [-0.1, -0.05) is 23.7 Å². The van der Waals surface area contributed by atoms with Gasteiger partial charge in [-0.3, -0.25) is 0 Å². The molecule has 0 saturated heterocycles. The minimum absolute atomic E-state index is 0.113. The lowest BCUT2D eigenvalue weighted by atomic mass is 10.2. The minimum atomic E-state index is -3.74. The number of hydrogen-bond acceptors (Lipinski definition) is 4. The van der Waals surface area contributed by atoms with Crippen molar-refractivity contribution in [2.75, 3.05) is 6.61 Å². The van der Waals surface area contributed by atoms with Gasteiger partial charge in [-0.05, 0) is 24.6 Å². The highest BCUT2D eigenvalue weighted by molar-refractivity contribution is 7.89. The van der Waals surface area contributed by atoms with Gasteiger partial charge in [0.25, 0.3) is 0 Å². The summed E-state index contributed by atoms with van der Waals surface area (Å²) in [4.78, 5) is 11.0. The summed E-state index contributed by atoms with van der Waals surface area (Å²) in [5, 5.41) is 0.518. The van der Waals surface area contributed by atoms with Crippen molar-refractivity contribution in [1.29, 1.82) is 0 Å². The molecule has 94 valence electrons. The molecule has 0 saturated carbocycles. The molecule has 1 amide bonds. The second-order valence-electron chi connectivity index (χ2n) is 3.21. The highest BCUT2D eigenvalue weighted by Gasteiger charge is 2.15. The number of sulfonamides is 1. The van der Waals surface area contributed by atoms with Gasteiger partial charge in [-0.2, -0.15) is 0 Å². The second-order valence-corrected chi connectivity index (χ2v) is 5.37. The summed E-state index contributed by atoms with van der Waals surface area (Å²) >= 11 is 5.67. The Balaban J connectivity index is 2.66. The second kappa shape index (κ2) is 5.88. The van der Waals surface area contributed by atoms with E-state index in [-0.39, 0.29) is 12.4 Å². The van der Waals surface area contributed by atoms with E-state index in [1.165, 1.54) is 0 Å². The quantitative estimate of drug-likeness (QED) is 0.912. The smallest absolute Gasteiger partial charge is 0.420 e. The fourth-order valence-electron chi connectivity index (χ4n) is 1.12. The van der Waals surface area contributed by atoms with Crippen LogP contribution in [0.4, 0.5) is 4.79 Å². The summed E-state index contributed by atoms with van der Waals surface area (Å²) < 4.78 is 29.3. The molecule has 1 N–H and O–H groups in total. The molecule has 1 rings (SSSR count). The molecule has 0 heterocycles. The zero-order chi connectivity index (χ0) is 12.9. The maximum absolute atomic E-state index is 11.5. The lowest BCUT2D eigenvalue weighted by Crippen LogP contribution is -2.32. The number of ether oxygens (including phenoxy) is 1. The predicted molar refractivity (Wildman–Crippen MR) is 64.2 cm³/mol. The maximum atomic E-state index is 11.5. The molecule has 5 nitrogen and oxygen atoms in total. The number of halogens is 1. The molecule has 0 bridgehead atoms. The van der Waals surface area contributed by atoms with E-state index in [0.717, 1.165) is 0 Å². The van der Waals surface area contributed by atoms with Crippen LogP contribution in [-0.2, 0) is 20.5 Å². The number of hydrogen-bond donors (Lipinski definition) is 1. The molecule has 0 aliphatic carbocycles. The van der Waals surface area contributed by atoms with E-state index in [2.05, 4.69) is 4.74 Å². The van der Waals surface area contributed by atoms with E-state index >= 15 is 0 Å². The van der Waals surface area contributed by atoms with E-state index in [9.17, 15) is 13.2 Å². The third-order valence-electron chi connectivity index (χ3n) is 1.78. The van der Waals surface area contributed by atoms with Crippen LogP contribution in [-0.4, -0.2) is 21.1 Å². The Hall–Kier alpha value is -1.27. The lowest BCUT2D eigenvalue weighted by molar-refractivity contribution is 0.158. The van der Waals surface area contributed by atoms with Crippen molar-refractivity contribution in [3.05, 3.63) is 34.9 Å². The topological polar surface area (TPSA) is 72.5 Å². The van der Waals surface area contributed by atoms with Gasteiger partial charge in [0.1, 0.15) is 0 Å². The fraction of sp³-hybridized carbons (Fsp3) is 0.300. The van der Waals surface area contributed by atoms with Gasteiger partial charge in [0.2, 0.25) is 10.0 Å². The van der Waals surface area contributed by atoms with Gasteiger partial charge in [0, 0.05) is 5.02 Å². The molecule has 0 aliphatic rings. The summed E-state index contributed by atoms with van der Waals surface area (Å²) in [6, 6.07) is 6.31. The van der Waals surface area contributed by atoms with Crippen molar-refractivity contribution in [2.24, 2.45) is 0 Å². The van der Waals surface area contributed by atoms with Crippen LogP contribution in [0.5, 0.6) is 0 Å². The number of benzene rings is 1. The zero-order valence-electron chi connectivity index (χ0n) is 9.14. The molecule has 0 atom stereocenters. The summed E-state index contributed by atoms with van der Waals surface area (Å²) in [7, 11) is -3.74. The molecule has 0 aliphatic heterocycles. The largest absolute Gasteiger partial charge is 0.449 e. The Kier molecular flexibility index (Phi) is 4.77. The number of rotatable bonds is 4. The fourth-order valence-corrected chi connectivity index (χ4v) is 2.27. The van der Waals surface area contributed by atoms with E-state index in [1.807, 2.05) is 0 Å². The van der Waals surface area contributed by atoms with Crippen LogP contribution in [0.25, 0.3) is 0 Å². The van der Waals surface area contributed by atoms with Crippen molar-refractivity contribution in [3.63, 3.8) is 0 Å². The standard InChI is InChI=1S/C10H12ClNO4S/c1-2-16-10(13)12-17(14,15)7-8-3-5-9(11)6-4-8/h3-6H,2,7H2,1H3,(H,12,13). The van der Waals surface area contributed by atoms with E-state index in [1.54, 1.807) is 35.9 Å². The summed E-state index contributed by atoms with van der Waals surface area (Å²) in [6.07, 6.45) is -0.971. The lowest BCUT2D eigenvalue weighted by Gasteiger charge is -2.06. The Bertz CT molecular complexity index is 484. The first kappa shape index (κ1) is 13.8. The molecule has 7 heteroatoms. The monoisotopic (exact) mass is 277 g/mol. The predicted octanol–water partition coefficient (Wildman–Crippen LogP) is 1.92. The molecule has 1 aromatic rings. The van der Waals surface area contributed by atoms with Gasteiger partial charge in [-0.15, -0.1) is 0 Å². The van der Waals surface area contributed by atoms with Crippen LogP contribution in [0, 0.1) is 0 Å². The first-order chi connectivity index (χ1) is 7.93. The van der Waals surface area contributed by atoms with E-state index < -0.39 is 16.1 Å². The minimum Gasteiger partial charge on any atom is -0.449 e. The van der Waals surface area contributed by atoms with Crippen molar-refractivity contribution in [3.8, 4) is 0 Å². The van der Waals surface area contributed by atoms with Gasteiger partial charge in [0.05, 0.1) is 12.4 Å². The molecule has 0 radical (unpaired) electrons. The third kappa shape index (κ3) is 5.06. The molecule has 0 spiro atoms. The van der Waals surface area contributed by atoms with Crippen molar-refractivity contribution in [2.45, 2.75) is 12.7 Å². The van der Waals surface area contributed by atoms with Gasteiger partial charge < -0.3 is 4.74 Å². The Labute approximate surface area is 105 Å². The highest BCUT2D eigenvalue weighted by atomic mass is 35.5. The van der Waals surface area contributed by atoms with Crippen LogP contribution in [0.15, 0.2) is 24.3 Å². The number of nitrogens with one attached hydrogen (secondary N) is 1. The van der Waals surface area contributed by atoms with Crippen molar-refractivity contribution >= 4 is 27.7 Å². The molecule has 0 fully saturated rings. The molecule has 0 unspecified atom stereocenters. The molecular formula is C10H12ClNO4S. The molecule has 17 heavy (non-hydrogen) atoms. The first-order valence-corrected chi connectivity index (χ1v) is 6.87. The van der Waals surface area contributed by atoms with Crippen molar-refractivity contribution in [1.82, 2.24) is 4.72 Å². The summed E-state index contributed by atoms with van der Waals surface area (Å²) in [5.74, 6) is -0.303. The number of carbonyl (C=O) groups is 1. The van der Waals surface area contributed by atoms with Gasteiger partial charge in [-0.25, -0.2) is 17.9 Å². The van der Waals surface area contributed by atoms with Crippen molar-refractivity contribution < 1.29 is 17.9 Å². The molecule has 1 aromatic carbocycles. The number of amides is 1.